The summed E-state index contributed by atoms with van der Waals surface area (Å²) in [6.07, 6.45) is -5.13. The molecule has 1 rings (SSSR count). The van der Waals surface area contributed by atoms with Crippen LogP contribution in [-0.4, -0.2) is 11.2 Å². The maximum atomic E-state index is 12.6. The Kier molecular flexibility index (Phi) is 3.42. The molecule has 0 heterocycles. The van der Waals surface area contributed by atoms with E-state index in [0.29, 0.717) is 12.1 Å². The number of carbonyl (C=O) groups is 1. The SMILES string of the molecule is O=C(c1ccc(F)cc1C(F)(F)F)C(F)(F)Cl. The third-order valence-corrected chi connectivity index (χ3v) is 1.96. The second-order valence-electron chi connectivity index (χ2n) is 3.01. The summed E-state index contributed by atoms with van der Waals surface area (Å²) in [6, 6.07) is 0.734. The van der Waals surface area contributed by atoms with Gasteiger partial charge in [0.25, 0.3) is 0 Å². The normalized spacial score (nSPS) is 12.6. The highest BCUT2D eigenvalue weighted by Crippen LogP contribution is 2.35. The quantitative estimate of drug-likeness (QED) is 0.455. The molecule has 0 saturated heterocycles. The molecular weight excluding hydrogens is 274 g/mol. The van der Waals surface area contributed by atoms with E-state index in [2.05, 4.69) is 11.6 Å². The molecule has 0 amide bonds. The van der Waals surface area contributed by atoms with Crippen molar-refractivity contribution in [3.05, 3.63) is 35.1 Å². The van der Waals surface area contributed by atoms with Crippen molar-refractivity contribution in [3.63, 3.8) is 0 Å². The van der Waals surface area contributed by atoms with Crippen molar-refractivity contribution in [1.29, 1.82) is 0 Å². The first kappa shape index (κ1) is 13.8. The van der Waals surface area contributed by atoms with Crippen molar-refractivity contribution in [3.8, 4) is 0 Å². The number of hydrogen-bond acceptors (Lipinski definition) is 1. The first-order valence-electron chi connectivity index (χ1n) is 4.02. The Hall–Kier alpha value is -1.24. The molecule has 0 unspecified atom stereocenters. The fourth-order valence-corrected chi connectivity index (χ4v) is 1.20. The molecule has 0 radical (unpaired) electrons. The first-order chi connectivity index (χ1) is 7.53. The van der Waals surface area contributed by atoms with E-state index in [1.807, 2.05) is 0 Å². The summed E-state index contributed by atoms with van der Waals surface area (Å²) in [6.45, 7) is 0. The topological polar surface area (TPSA) is 17.1 Å². The van der Waals surface area contributed by atoms with E-state index < -0.39 is 34.3 Å². The standard InChI is InChI=1S/C9H3ClF6O/c10-8(12,13)7(17)5-2-1-4(11)3-6(5)9(14,15)16/h1-3H. The van der Waals surface area contributed by atoms with Gasteiger partial charge < -0.3 is 0 Å². The van der Waals surface area contributed by atoms with Crippen LogP contribution < -0.4 is 0 Å². The molecule has 8 heteroatoms. The van der Waals surface area contributed by atoms with Gasteiger partial charge in [-0.2, -0.15) is 22.0 Å². The lowest BCUT2D eigenvalue weighted by Gasteiger charge is -2.13. The van der Waals surface area contributed by atoms with Crippen molar-refractivity contribution in [1.82, 2.24) is 0 Å². The monoisotopic (exact) mass is 276 g/mol. The Bertz CT molecular complexity index is 448. The van der Waals surface area contributed by atoms with Crippen LogP contribution in [0.1, 0.15) is 15.9 Å². The lowest BCUT2D eigenvalue weighted by atomic mass is 10.0. The zero-order chi connectivity index (χ0) is 13.4. The predicted molar refractivity (Wildman–Crippen MR) is 46.5 cm³/mol. The average molecular weight is 277 g/mol. The predicted octanol–water partition coefficient (Wildman–Crippen LogP) is 3.86. The molecule has 17 heavy (non-hydrogen) atoms. The maximum Gasteiger partial charge on any atom is 0.417 e. The van der Waals surface area contributed by atoms with Gasteiger partial charge in [0.05, 0.1) is 5.56 Å². The number of ketones is 1. The number of Topliss-reactive ketones (excluding diaryl/α,β-unsaturated/α-hetero) is 1. The summed E-state index contributed by atoms with van der Waals surface area (Å²) >= 11 is 4.34. The molecule has 0 saturated carbocycles. The third-order valence-electron chi connectivity index (χ3n) is 1.79. The van der Waals surface area contributed by atoms with E-state index in [1.54, 1.807) is 0 Å². The Morgan fingerprint density at radius 1 is 1.12 bits per heavy atom. The van der Waals surface area contributed by atoms with Crippen LogP contribution in [0.25, 0.3) is 0 Å². The minimum atomic E-state index is -5.13. The summed E-state index contributed by atoms with van der Waals surface area (Å²) in [5.41, 5.74) is -3.17. The van der Waals surface area contributed by atoms with E-state index in [0.717, 1.165) is 0 Å². The molecule has 0 spiro atoms. The molecule has 94 valence electrons. The Morgan fingerprint density at radius 3 is 2.06 bits per heavy atom. The van der Waals surface area contributed by atoms with E-state index >= 15 is 0 Å². The van der Waals surface area contributed by atoms with Crippen molar-refractivity contribution >= 4 is 17.4 Å². The Balaban J connectivity index is 3.40. The van der Waals surface area contributed by atoms with E-state index in [-0.39, 0.29) is 6.07 Å². The van der Waals surface area contributed by atoms with Gasteiger partial charge in [0.2, 0.25) is 5.78 Å². The van der Waals surface area contributed by atoms with Gasteiger partial charge in [0.15, 0.2) is 0 Å². The number of carbonyl (C=O) groups excluding carboxylic acids is 1. The molecule has 0 aliphatic carbocycles. The van der Waals surface area contributed by atoms with Gasteiger partial charge in [0, 0.05) is 5.56 Å². The van der Waals surface area contributed by atoms with Gasteiger partial charge in [-0.15, -0.1) is 0 Å². The van der Waals surface area contributed by atoms with Crippen LogP contribution >= 0.6 is 11.6 Å². The van der Waals surface area contributed by atoms with Crippen LogP contribution in [-0.2, 0) is 6.18 Å². The van der Waals surface area contributed by atoms with Gasteiger partial charge in [-0.25, -0.2) is 4.39 Å². The number of alkyl halides is 6. The molecule has 0 aromatic heterocycles. The highest BCUT2D eigenvalue weighted by molar-refractivity contribution is 6.35. The maximum absolute atomic E-state index is 12.6. The fraction of sp³-hybridized carbons (Fsp3) is 0.222. The highest BCUT2D eigenvalue weighted by Gasteiger charge is 2.43. The number of rotatable bonds is 2. The number of halogens is 7. The molecule has 1 aromatic rings. The molecule has 0 atom stereocenters. The van der Waals surface area contributed by atoms with Crippen LogP contribution in [0.5, 0.6) is 0 Å². The minimum absolute atomic E-state index is 0.0458. The van der Waals surface area contributed by atoms with Crippen LogP contribution in [0.3, 0.4) is 0 Å². The second kappa shape index (κ2) is 4.21. The van der Waals surface area contributed by atoms with Crippen LogP contribution in [0.2, 0.25) is 0 Å². The Morgan fingerprint density at radius 2 is 1.65 bits per heavy atom. The van der Waals surface area contributed by atoms with Crippen molar-refractivity contribution in [2.75, 3.05) is 0 Å². The van der Waals surface area contributed by atoms with E-state index in [1.165, 1.54) is 0 Å². The van der Waals surface area contributed by atoms with Crippen LogP contribution in [0, 0.1) is 5.82 Å². The van der Waals surface area contributed by atoms with Gasteiger partial charge in [0.1, 0.15) is 5.82 Å². The van der Waals surface area contributed by atoms with Crippen molar-refractivity contribution < 1.29 is 31.1 Å². The molecule has 0 N–H and O–H groups in total. The number of hydrogen-bond donors (Lipinski definition) is 0. The molecule has 0 fully saturated rings. The molecule has 1 aromatic carbocycles. The zero-order valence-electron chi connectivity index (χ0n) is 7.79. The average Bonchev–Trinajstić information content (AvgIpc) is 2.14. The molecule has 0 aliphatic rings. The van der Waals surface area contributed by atoms with Crippen molar-refractivity contribution in [2.24, 2.45) is 0 Å². The largest absolute Gasteiger partial charge is 0.417 e. The fourth-order valence-electron chi connectivity index (χ4n) is 1.10. The molecule has 0 bridgehead atoms. The van der Waals surface area contributed by atoms with Gasteiger partial charge in [-0.1, -0.05) is 0 Å². The van der Waals surface area contributed by atoms with Crippen LogP contribution in [0.4, 0.5) is 26.3 Å². The molecule has 1 nitrogen and oxygen atoms in total. The van der Waals surface area contributed by atoms with Gasteiger partial charge in [-0.3, -0.25) is 4.79 Å². The second-order valence-corrected chi connectivity index (χ2v) is 3.49. The van der Waals surface area contributed by atoms with Gasteiger partial charge >= 0.3 is 11.6 Å². The van der Waals surface area contributed by atoms with E-state index in [4.69, 9.17) is 0 Å². The third kappa shape index (κ3) is 3.12. The van der Waals surface area contributed by atoms with Crippen LogP contribution in [0.15, 0.2) is 18.2 Å². The lowest BCUT2D eigenvalue weighted by molar-refractivity contribution is -0.138. The first-order valence-corrected chi connectivity index (χ1v) is 4.39. The smallest absolute Gasteiger partial charge is 0.286 e. The van der Waals surface area contributed by atoms with Crippen molar-refractivity contribution in [2.45, 2.75) is 11.6 Å². The van der Waals surface area contributed by atoms with E-state index in [9.17, 15) is 31.1 Å². The molecular formula is C9H3ClF6O. The summed E-state index contributed by atoms with van der Waals surface area (Å²) < 4.78 is 74.6. The summed E-state index contributed by atoms with van der Waals surface area (Å²) in [7, 11) is 0. The number of benzene rings is 1. The Labute approximate surface area is 96.0 Å². The van der Waals surface area contributed by atoms with Gasteiger partial charge in [-0.05, 0) is 29.8 Å². The zero-order valence-corrected chi connectivity index (χ0v) is 8.54. The lowest BCUT2D eigenvalue weighted by Crippen LogP contribution is -2.25. The highest BCUT2D eigenvalue weighted by atomic mass is 35.5. The summed E-state index contributed by atoms with van der Waals surface area (Å²) in [4.78, 5) is 10.9. The summed E-state index contributed by atoms with van der Waals surface area (Å²) in [5, 5.41) is -4.47. The molecule has 0 aliphatic heterocycles. The summed E-state index contributed by atoms with van der Waals surface area (Å²) in [5.74, 6) is -3.53. The minimum Gasteiger partial charge on any atom is -0.286 e.